The minimum Gasteiger partial charge on any atom is -0.497 e. The quantitative estimate of drug-likeness (QED) is 0.388. The highest BCUT2D eigenvalue weighted by atomic mass is 79.9. The number of carbonyl (C=O) groups excluding carboxylic acids is 2. The molecule has 144 valence electrons. The fraction of sp³-hybridized carbons (Fsp3) is 0.111. The van der Waals surface area contributed by atoms with Crippen molar-refractivity contribution in [2.24, 2.45) is 0 Å². The molecule has 0 radical (unpaired) electrons. The van der Waals surface area contributed by atoms with Crippen LogP contribution in [0.5, 0.6) is 5.75 Å². The first-order valence-electron chi connectivity index (χ1n) is 8.01. The van der Waals surface area contributed by atoms with Crippen LogP contribution in [-0.2, 0) is 4.79 Å². The number of amides is 2. The van der Waals surface area contributed by atoms with Gasteiger partial charge in [-0.2, -0.15) is 0 Å². The number of hydrogen-bond donors (Lipinski definition) is 2. The molecule has 0 spiro atoms. The van der Waals surface area contributed by atoms with E-state index in [1.807, 2.05) is 6.07 Å². The third-order valence-electron chi connectivity index (χ3n) is 3.43. The van der Waals surface area contributed by atoms with Crippen LogP contribution in [-0.4, -0.2) is 34.9 Å². The highest BCUT2D eigenvalue weighted by Gasteiger charge is 2.13. The molecule has 0 unspecified atom stereocenters. The van der Waals surface area contributed by atoms with Crippen LogP contribution in [0.15, 0.2) is 57.3 Å². The SMILES string of the molecule is COc1cccc(NC(=O)CSc2nnc(NC(=O)c3ccccc3Br)s2)c1. The van der Waals surface area contributed by atoms with Crippen molar-refractivity contribution in [2.75, 3.05) is 23.5 Å². The van der Waals surface area contributed by atoms with Crippen LogP contribution in [0.3, 0.4) is 0 Å². The van der Waals surface area contributed by atoms with Crippen LogP contribution in [0, 0.1) is 0 Å². The second-order valence-electron chi connectivity index (χ2n) is 5.38. The van der Waals surface area contributed by atoms with Gasteiger partial charge in [-0.1, -0.05) is 41.3 Å². The number of carbonyl (C=O) groups is 2. The van der Waals surface area contributed by atoms with Gasteiger partial charge < -0.3 is 10.1 Å². The molecule has 28 heavy (non-hydrogen) atoms. The lowest BCUT2D eigenvalue weighted by Crippen LogP contribution is -2.13. The molecule has 0 atom stereocenters. The summed E-state index contributed by atoms with van der Waals surface area (Å²) in [6.45, 7) is 0. The van der Waals surface area contributed by atoms with Crippen LogP contribution in [0.4, 0.5) is 10.8 Å². The number of methoxy groups -OCH3 is 1. The second-order valence-corrected chi connectivity index (χ2v) is 8.43. The summed E-state index contributed by atoms with van der Waals surface area (Å²) in [7, 11) is 1.57. The van der Waals surface area contributed by atoms with Gasteiger partial charge in [-0.25, -0.2) is 0 Å². The Morgan fingerprint density at radius 1 is 1.14 bits per heavy atom. The van der Waals surface area contributed by atoms with Gasteiger partial charge in [-0.15, -0.1) is 10.2 Å². The number of aromatic nitrogens is 2. The number of anilines is 2. The maximum absolute atomic E-state index is 12.3. The minimum absolute atomic E-state index is 0.171. The average Bonchev–Trinajstić information content (AvgIpc) is 3.14. The number of thioether (sulfide) groups is 1. The summed E-state index contributed by atoms with van der Waals surface area (Å²) < 4.78 is 6.41. The van der Waals surface area contributed by atoms with Crippen LogP contribution in [0.1, 0.15) is 10.4 Å². The number of rotatable bonds is 7. The lowest BCUT2D eigenvalue weighted by Gasteiger charge is -2.06. The largest absolute Gasteiger partial charge is 0.497 e. The Morgan fingerprint density at radius 2 is 1.96 bits per heavy atom. The molecule has 0 saturated carbocycles. The zero-order chi connectivity index (χ0) is 19.9. The topological polar surface area (TPSA) is 93.2 Å². The number of ether oxygens (including phenoxy) is 1. The number of nitrogens with zero attached hydrogens (tertiary/aromatic N) is 2. The van der Waals surface area contributed by atoms with Crippen LogP contribution < -0.4 is 15.4 Å². The van der Waals surface area contributed by atoms with Crippen molar-refractivity contribution >= 4 is 61.7 Å². The molecule has 0 aliphatic carbocycles. The molecule has 7 nitrogen and oxygen atoms in total. The smallest absolute Gasteiger partial charge is 0.258 e. The van der Waals surface area contributed by atoms with Gasteiger partial charge in [-0.05, 0) is 40.2 Å². The Balaban J connectivity index is 1.52. The van der Waals surface area contributed by atoms with Crippen molar-refractivity contribution in [3.8, 4) is 5.75 Å². The van der Waals surface area contributed by atoms with E-state index in [1.165, 1.54) is 23.1 Å². The van der Waals surface area contributed by atoms with E-state index in [0.717, 1.165) is 0 Å². The van der Waals surface area contributed by atoms with E-state index in [4.69, 9.17) is 4.74 Å². The number of hydrogen-bond acceptors (Lipinski definition) is 7. The molecule has 2 amide bonds. The monoisotopic (exact) mass is 478 g/mol. The van der Waals surface area contributed by atoms with Crippen LogP contribution in [0.2, 0.25) is 0 Å². The van der Waals surface area contributed by atoms with Gasteiger partial charge in [0.05, 0.1) is 18.4 Å². The predicted molar refractivity (Wildman–Crippen MR) is 114 cm³/mol. The molecule has 1 heterocycles. The summed E-state index contributed by atoms with van der Waals surface area (Å²) >= 11 is 5.80. The third kappa shape index (κ3) is 5.54. The summed E-state index contributed by atoms with van der Waals surface area (Å²) in [6.07, 6.45) is 0. The summed E-state index contributed by atoms with van der Waals surface area (Å²) in [4.78, 5) is 24.4. The van der Waals surface area contributed by atoms with Gasteiger partial charge in [0.2, 0.25) is 11.0 Å². The maximum atomic E-state index is 12.3. The van der Waals surface area contributed by atoms with Crippen molar-refractivity contribution in [3.63, 3.8) is 0 Å². The molecule has 0 aliphatic rings. The summed E-state index contributed by atoms with van der Waals surface area (Å²) in [5, 5.41) is 13.8. The molecule has 2 aromatic carbocycles. The molecule has 0 fully saturated rings. The molecular formula is C18H15BrN4O3S2. The van der Waals surface area contributed by atoms with Crippen LogP contribution >= 0.6 is 39.0 Å². The molecule has 0 aliphatic heterocycles. The fourth-order valence-electron chi connectivity index (χ4n) is 2.15. The first-order chi connectivity index (χ1) is 13.5. The average molecular weight is 479 g/mol. The first-order valence-corrected chi connectivity index (χ1v) is 10.6. The Bertz CT molecular complexity index is 996. The number of benzene rings is 2. The minimum atomic E-state index is -0.282. The first kappa shape index (κ1) is 20.3. The standard InChI is InChI=1S/C18H15BrN4O3S2/c1-26-12-6-4-5-11(9-12)20-15(24)10-27-18-23-22-17(28-18)21-16(25)13-7-2-3-8-14(13)19/h2-9H,10H2,1H3,(H,20,24)(H,21,22,25). The van der Waals surface area contributed by atoms with Gasteiger partial charge in [0, 0.05) is 16.2 Å². The Hall–Kier alpha value is -2.43. The molecule has 0 saturated heterocycles. The van der Waals surface area contributed by atoms with Gasteiger partial charge in [0.15, 0.2) is 4.34 Å². The van der Waals surface area contributed by atoms with Gasteiger partial charge in [0.25, 0.3) is 5.91 Å². The Morgan fingerprint density at radius 3 is 2.75 bits per heavy atom. The van der Waals surface area contributed by atoms with Crippen molar-refractivity contribution in [1.82, 2.24) is 10.2 Å². The van der Waals surface area contributed by atoms with E-state index < -0.39 is 0 Å². The lowest BCUT2D eigenvalue weighted by molar-refractivity contribution is -0.113. The molecule has 3 rings (SSSR count). The number of halogens is 1. The predicted octanol–water partition coefficient (Wildman–Crippen LogP) is 4.29. The van der Waals surface area contributed by atoms with Crippen molar-refractivity contribution in [1.29, 1.82) is 0 Å². The molecule has 0 bridgehead atoms. The number of nitrogens with one attached hydrogen (secondary N) is 2. The molecule has 10 heteroatoms. The normalized spacial score (nSPS) is 10.4. The zero-order valence-corrected chi connectivity index (χ0v) is 17.9. The molecule has 3 aromatic rings. The Labute approximate surface area is 178 Å². The van der Waals surface area contributed by atoms with E-state index >= 15 is 0 Å². The second kappa shape index (κ2) is 9.67. The van der Waals surface area contributed by atoms with Gasteiger partial charge >= 0.3 is 0 Å². The van der Waals surface area contributed by atoms with E-state index in [2.05, 4.69) is 36.8 Å². The molecule has 2 N–H and O–H groups in total. The third-order valence-corrected chi connectivity index (χ3v) is 6.09. The fourth-order valence-corrected chi connectivity index (χ4v) is 4.17. The van der Waals surface area contributed by atoms with Crippen molar-refractivity contribution in [2.45, 2.75) is 4.34 Å². The molecule has 1 aromatic heterocycles. The lowest BCUT2D eigenvalue weighted by atomic mass is 10.2. The van der Waals surface area contributed by atoms with E-state index in [0.29, 0.717) is 30.9 Å². The molecular weight excluding hydrogens is 464 g/mol. The summed E-state index contributed by atoms with van der Waals surface area (Å²) in [5.74, 6) is 0.382. The van der Waals surface area contributed by atoms with E-state index in [1.54, 1.807) is 49.6 Å². The van der Waals surface area contributed by atoms with E-state index in [-0.39, 0.29) is 17.6 Å². The van der Waals surface area contributed by atoms with Gasteiger partial charge in [-0.3, -0.25) is 14.9 Å². The Kier molecular flexibility index (Phi) is 7.01. The highest BCUT2D eigenvalue weighted by molar-refractivity contribution is 9.10. The van der Waals surface area contributed by atoms with Crippen LogP contribution in [0.25, 0.3) is 0 Å². The summed E-state index contributed by atoms with van der Waals surface area (Å²) in [5.41, 5.74) is 1.16. The highest BCUT2D eigenvalue weighted by Crippen LogP contribution is 2.27. The van der Waals surface area contributed by atoms with Crippen molar-refractivity contribution in [3.05, 3.63) is 58.6 Å². The van der Waals surface area contributed by atoms with Gasteiger partial charge in [0.1, 0.15) is 5.75 Å². The zero-order valence-electron chi connectivity index (χ0n) is 14.6. The van der Waals surface area contributed by atoms with Crippen molar-refractivity contribution < 1.29 is 14.3 Å². The maximum Gasteiger partial charge on any atom is 0.258 e. The summed E-state index contributed by atoms with van der Waals surface area (Å²) in [6, 6.07) is 14.2. The van der Waals surface area contributed by atoms with E-state index in [9.17, 15) is 9.59 Å².